The molecule has 0 aliphatic heterocycles. The molecule has 0 saturated heterocycles. The number of hydrogen-bond acceptors (Lipinski definition) is 3. The first-order valence-corrected chi connectivity index (χ1v) is 6.79. The maximum absolute atomic E-state index is 4.59. The van der Waals surface area contributed by atoms with Crippen molar-refractivity contribution in [1.82, 2.24) is 4.98 Å². The van der Waals surface area contributed by atoms with Crippen molar-refractivity contribution in [2.24, 2.45) is 0 Å². The summed E-state index contributed by atoms with van der Waals surface area (Å²) >= 11 is 5.14. The molecule has 1 aromatic heterocycles. The highest BCUT2D eigenvalue weighted by atomic mass is 79.9. The van der Waals surface area contributed by atoms with E-state index in [1.54, 1.807) is 11.3 Å². The topological polar surface area (TPSA) is 24.9 Å². The van der Waals surface area contributed by atoms with Gasteiger partial charge in [-0.3, -0.25) is 0 Å². The average molecular weight is 297 g/mol. The first-order chi connectivity index (χ1) is 7.70. The molecule has 2 aromatic rings. The van der Waals surface area contributed by atoms with Crippen LogP contribution in [0.4, 0.5) is 5.13 Å². The van der Waals surface area contributed by atoms with Crippen LogP contribution in [-0.4, -0.2) is 11.5 Å². The molecule has 0 amide bonds. The molecule has 0 radical (unpaired) electrons. The van der Waals surface area contributed by atoms with Gasteiger partial charge >= 0.3 is 0 Å². The third kappa shape index (κ3) is 2.44. The Bertz CT molecular complexity index is 476. The number of nitrogens with one attached hydrogen (secondary N) is 1. The normalized spacial score (nSPS) is 10.4. The van der Waals surface area contributed by atoms with Crippen LogP contribution in [0.1, 0.15) is 11.8 Å². The fourth-order valence-corrected chi connectivity index (χ4v) is 2.67. The maximum Gasteiger partial charge on any atom is 0.183 e. The first-order valence-electron chi connectivity index (χ1n) is 5.18. The lowest BCUT2D eigenvalue weighted by molar-refractivity contribution is 1.19. The van der Waals surface area contributed by atoms with Gasteiger partial charge in [-0.1, -0.05) is 28.1 Å². The lowest BCUT2D eigenvalue weighted by Crippen LogP contribution is -1.94. The second kappa shape index (κ2) is 4.97. The predicted molar refractivity (Wildman–Crippen MR) is 74.2 cm³/mol. The van der Waals surface area contributed by atoms with Crippen LogP contribution >= 0.6 is 27.3 Å². The van der Waals surface area contributed by atoms with Crippen LogP contribution in [0.3, 0.4) is 0 Å². The van der Waals surface area contributed by atoms with Crippen LogP contribution in [0, 0.1) is 6.92 Å². The third-order valence-electron chi connectivity index (χ3n) is 2.24. The molecule has 0 bridgehead atoms. The number of aryl methyl sites for hydroxylation is 1. The highest BCUT2D eigenvalue weighted by Crippen LogP contribution is 2.30. The number of benzene rings is 1. The summed E-state index contributed by atoms with van der Waals surface area (Å²) in [6, 6.07) is 8.26. The zero-order valence-corrected chi connectivity index (χ0v) is 11.7. The summed E-state index contributed by atoms with van der Waals surface area (Å²) in [6.45, 7) is 5.10. The van der Waals surface area contributed by atoms with Crippen molar-refractivity contribution in [3.63, 3.8) is 0 Å². The standard InChI is InChI=1S/C12H13BrN2S/c1-3-14-12-15-11(8(2)16-12)9-4-6-10(13)7-5-9/h4-7H,3H2,1-2H3,(H,14,15). The van der Waals surface area contributed by atoms with Crippen molar-refractivity contribution in [2.75, 3.05) is 11.9 Å². The number of thiazole rings is 1. The van der Waals surface area contributed by atoms with E-state index in [0.29, 0.717) is 0 Å². The van der Waals surface area contributed by atoms with E-state index in [4.69, 9.17) is 0 Å². The molecular weight excluding hydrogens is 284 g/mol. The molecule has 1 N–H and O–H groups in total. The average Bonchev–Trinajstić information content (AvgIpc) is 2.61. The number of nitrogens with zero attached hydrogens (tertiary/aromatic N) is 1. The lowest BCUT2D eigenvalue weighted by atomic mass is 10.1. The summed E-state index contributed by atoms with van der Waals surface area (Å²) in [7, 11) is 0. The molecular formula is C12H13BrN2S. The highest BCUT2D eigenvalue weighted by molar-refractivity contribution is 9.10. The maximum atomic E-state index is 4.59. The second-order valence-electron chi connectivity index (χ2n) is 3.46. The van der Waals surface area contributed by atoms with Crippen LogP contribution in [0.15, 0.2) is 28.7 Å². The first kappa shape index (κ1) is 11.6. The molecule has 0 fully saturated rings. The molecule has 0 aliphatic rings. The van der Waals surface area contributed by atoms with E-state index in [9.17, 15) is 0 Å². The Balaban J connectivity index is 2.36. The molecule has 0 atom stereocenters. The summed E-state index contributed by atoms with van der Waals surface area (Å²) in [5.74, 6) is 0. The van der Waals surface area contributed by atoms with E-state index in [0.717, 1.165) is 21.8 Å². The Morgan fingerprint density at radius 2 is 2.00 bits per heavy atom. The van der Waals surface area contributed by atoms with Gasteiger partial charge < -0.3 is 5.32 Å². The zero-order valence-electron chi connectivity index (χ0n) is 9.25. The van der Waals surface area contributed by atoms with E-state index in [1.165, 1.54) is 10.4 Å². The fourth-order valence-electron chi connectivity index (χ4n) is 1.50. The molecule has 0 saturated carbocycles. The zero-order chi connectivity index (χ0) is 11.5. The second-order valence-corrected chi connectivity index (χ2v) is 5.58. The lowest BCUT2D eigenvalue weighted by Gasteiger charge is -1.98. The van der Waals surface area contributed by atoms with Crippen molar-refractivity contribution in [1.29, 1.82) is 0 Å². The number of rotatable bonds is 3. The van der Waals surface area contributed by atoms with Crippen molar-refractivity contribution < 1.29 is 0 Å². The Morgan fingerprint density at radius 3 is 2.62 bits per heavy atom. The molecule has 1 aromatic carbocycles. The number of halogens is 1. The minimum absolute atomic E-state index is 0.909. The van der Waals surface area contributed by atoms with Gasteiger partial charge in [0, 0.05) is 21.5 Å². The number of aromatic nitrogens is 1. The van der Waals surface area contributed by atoms with Crippen LogP contribution in [0.2, 0.25) is 0 Å². The summed E-state index contributed by atoms with van der Waals surface area (Å²) in [5, 5.41) is 4.25. The minimum atomic E-state index is 0.909. The van der Waals surface area contributed by atoms with Gasteiger partial charge in [0.2, 0.25) is 0 Å². The van der Waals surface area contributed by atoms with Gasteiger partial charge in [0.05, 0.1) is 5.69 Å². The van der Waals surface area contributed by atoms with E-state index < -0.39 is 0 Å². The van der Waals surface area contributed by atoms with Gasteiger partial charge in [-0.25, -0.2) is 4.98 Å². The van der Waals surface area contributed by atoms with Crippen LogP contribution in [0.25, 0.3) is 11.3 Å². The van der Waals surface area contributed by atoms with Gasteiger partial charge in [-0.15, -0.1) is 11.3 Å². The molecule has 0 spiro atoms. The summed E-state index contributed by atoms with van der Waals surface area (Å²) in [5.41, 5.74) is 2.24. The largest absolute Gasteiger partial charge is 0.362 e. The molecule has 0 aliphatic carbocycles. The SMILES string of the molecule is CCNc1nc(-c2ccc(Br)cc2)c(C)s1. The van der Waals surface area contributed by atoms with Crippen molar-refractivity contribution >= 4 is 32.4 Å². The molecule has 0 unspecified atom stereocenters. The molecule has 2 rings (SSSR count). The van der Waals surface area contributed by atoms with E-state index in [2.05, 4.69) is 52.2 Å². The van der Waals surface area contributed by atoms with Crippen LogP contribution < -0.4 is 5.32 Å². The van der Waals surface area contributed by atoms with Gasteiger partial charge in [-0.05, 0) is 26.0 Å². The van der Waals surface area contributed by atoms with Crippen LogP contribution in [0.5, 0.6) is 0 Å². The Hall–Kier alpha value is -0.870. The predicted octanol–water partition coefficient (Wildman–Crippen LogP) is 4.31. The van der Waals surface area contributed by atoms with Crippen molar-refractivity contribution in [3.8, 4) is 11.3 Å². The molecule has 2 nitrogen and oxygen atoms in total. The van der Waals surface area contributed by atoms with Gasteiger partial charge in [0.25, 0.3) is 0 Å². The van der Waals surface area contributed by atoms with Gasteiger partial charge in [-0.2, -0.15) is 0 Å². The molecule has 1 heterocycles. The highest BCUT2D eigenvalue weighted by Gasteiger charge is 2.08. The summed E-state index contributed by atoms with van der Waals surface area (Å²) < 4.78 is 1.09. The van der Waals surface area contributed by atoms with E-state index >= 15 is 0 Å². The van der Waals surface area contributed by atoms with Crippen molar-refractivity contribution in [2.45, 2.75) is 13.8 Å². The smallest absolute Gasteiger partial charge is 0.183 e. The Labute approximate surface area is 108 Å². The number of anilines is 1. The van der Waals surface area contributed by atoms with Gasteiger partial charge in [0.15, 0.2) is 5.13 Å². The third-order valence-corrected chi connectivity index (χ3v) is 3.70. The molecule has 16 heavy (non-hydrogen) atoms. The van der Waals surface area contributed by atoms with Gasteiger partial charge in [0.1, 0.15) is 0 Å². The van der Waals surface area contributed by atoms with E-state index in [-0.39, 0.29) is 0 Å². The monoisotopic (exact) mass is 296 g/mol. The molecule has 4 heteroatoms. The van der Waals surface area contributed by atoms with Crippen molar-refractivity contribution in [3.05, 3.63) is 33.6 Å². The quantitative estimate of drug-likeness (QED) is 0.913. The molecule has 84 valence electrons. The minimum Gasteiger partial charge on any atom is -0.362 e. The summed E-state index contributed by atoms with van der Waals surface area (Å²) in [4.78, 5) is 5.84. The van der Waals surface area contributed by atoms with E-state index in [1.807, 2.05) is 12.1 Å². The number of hydrogen-bond donors (Lipinski definition) is 1. The Morgan fingerprint density at radius 1 is 1.31 bits per heavy atom. The summed E-state index contributed by atoms with van der Waals surface area (Å²) in [6.07, 6.45) is 0. The van der Waals surface area contributed by atoms with Crippen LogP contribution in [-0.2, 0) is 0 Å². The Kier molecular flexibility index (Phi) is 3.61. The fraction of sp³-hybridized carbons (Fsp3) is 0.250.